The average molecular weight is 519 g/mol. The van der Waals surface area contributed by atoms with Gasteiger partial charge in [0.15, 0.2) is 5.11 Å². The van der Waals surface area contributed by atoms with Crippen LogP contribution in [0.3, 0.4) is 0 Å². The Morgan fingerprint density at radius 1 is 1.06 bits per heavy atom. The monoisotopic (exact) mass is 518 g/mol. The molecule has 0 saturated carbocycles. The molecule has 1 saturated heterocycles. The molecule has 0 aliphatic carbocycles. The Labute approximate surface area is 202 Å². The summed E-state index contributed by atoms with van der Waals surface area (Å²) < 4.78 is 6.18. The highest BCUT2D eigenvalue weighted by Gasteiger charge is 2.20. The van der Waals surface area contributed by atoms with Gasteiger partial charge in [-0.25, -0.2) is 0 Å². The van der Waals surface area contributed by atoms with E-state index in [9.17, 15) is 9.59 Å². The Morgan fingerprint density at radius 2 is 1.75 bits per heavy atom. The van der Waals surface area contributed by atoms with E-state index in [1.165, 1.54) is 0 Å². The highest BCUT2D eigenvalue weighted by Crippen LogP contribution is 2.26. The van der Waals surface area contributed by atoms with Gasteiger partial charge < -0.3 is 19.9 Å². The first-order valence-electron chi connectivity index (χ1n) is 10.6. The highest BCUT2D eigenvalue weighted by atomic mass is 79.9. The van der Waals surface area contributed by atoms with E-state index in [4.69, 9.17) is 17.0 Å². The Kier molecular flexibility index (Phi) is 8.46. The topological polar surface area (TPSA) is 73.9 Å². The van der Waals surface area contributed by atoms with Crippen molar-refractivity contribution in [3.63, 3.8) is 0 Å². The largest absolute Gasteiger partial charge is 0.493 e. The minimum absolute atomic E-state index is 0.206. The van der Waals surface area contributed by atoms with Crippen LogP contribution in [0.5, 0.6) is 5.75 Å². The van der Waals surface area contributed by atoms with E-state index in [1.807, 2.05) is 43.0 Å². The molecule has 2 aromatic carbocycles. The van der Waals surface area contributed by atoms with Crippen LogP contribution in [-0.4, -0.2) is 54.6 Å². The number of benzene rings is 2. The van der Waals surface area contributed by atoms with Crippen molar-refractivity contribution in [3.05, 3.63) is 52.5 Å². The minimum atomic E-state index is -0.303. The fourth-order valence-corrected chi connectivity index (χ4v) is 4.15. The molecule has 0 aromatic heterocycles. The fourth-order valence-electron chi connectivity index (χ4n) is 3.45. The predicted molar refractivity (Wildman–Crippen MR) is 135 cm³/mol. The van der Waals surface area contributed by atoms with Gasteiger partial charge in [-0.1, -0.05) is 6.92 Å². The summed E-state index contributed by atoms with van der Waals surface area (Å²) in [5, 5.41) is 5.96. The second kappa shape index (κ2) is 11.3. The van der Waals surface area contributed by atoms with Crippen molar-refractivity contribution in [1.29, 1.82) is 0 Å². The molecule has 0 unspecified atom stereocenters. The maximum Gasteiger partial charge on any atom is 0.257 e. The lowest BCUT2D eigenvalue weighted by molar-refractivity contribution is -0.131. The van der Waals surface area contributed by atoms with E-state index in [0.717, 1.165) is 37.6 Å². The van der Waals surface area contributed by atoms with E-state index < -0.39 is 0 Å². The van der Waals surface area contributed by atoms with Crippen molar-refractivity contribution in [2.45, 2.75) is 20.3 Å². The number of hydrogen-bond donors (Lipinski definition) is 2. The van der Waals surface area contributed by atoms with Crippen LogP contribution in [0.1, 0.15) is 30.6 Å². The van der Waals surface area contributed by atoms with Gasteiger partial charge in [0.05, 0.1) is 11.1 Å². The predicted octanol–water partition coefficient (Wildman–Crippen LogP) is 4.03. The first-order valence-corrected chi connectivity index (χ1v) is 11.8. The number of anilines is 2. The molecule has 0 radical (unpaired) electrons. The third-order valence-electron chi connectivity index (χ3n) is 5.15. The van der Waals surface area contributed by atoms with Crippen molar-refractivity contribution in [3.8, 4) is 5.75 Å². The fraction of sp³-hybridized carbons (Fsp3) is 0.348. The molecule has 1 aliphatic heterocycles. The molecule has 1 heterocycles. The molecule has 1 fully saturated rings. The van der Waals surface area contributed by atoms with Gasteiger partial charge in [0.2, 0.25) is 5.91 Å². The number of hydrogen-bond acceptors (Lipinski definition) is 5. The molecule has 2 aromatic rings. The van der Waals surface area contributed by atoms with Crippen molar-refractivity contribution in [2.75, 3.05) is 43.0 Å². The number of ether oxygens (including phenoxy) is 1. The number of carbonyl (C=O) groups excluding carboxylic acids is 2. The number of nitrogens with zero attached hydrogens (tertiary/aromatic N) is 2. The van der Waals surface area contributed by atoms with Gasteiger partial charge in [-0.15, -0.1) is 0 Å². The van der Waals surface area contributed by atoms with Gasteiger partial charge in [-0.3, -0.25) is 14.9 Å². The SMILES string of the molecule is CCOc1ccc(C(=O)NC(=S)Nc2ccc(N3CCN(C(=O)CC)CC3)cc2)cc1Br. The first kappa shape index (κ1) is 24.0. The van der Waals surface area contributed by atoms with Crippen LogP contribution in [0.15, 0.2) is 46.9 Å². The number of carbonyl (C=O) groups is 2. The molecule has 2 amide bonds. The number of halogens is 1. The molecule has 0 atom stereocenters. The first-order chi connectivity index (χ1) is 15.4. The number of nitrogens with one attached hydrogen (secondary N) is 2. The quantitative estimate of drug-likeness (QED) is 0.562. The van der Waals surface area contributed by atoms with E-state index in [-0.39, 0.29) is 16.9 Å². The molecule has 32 heavy (non-hydrogen) atoms. The molecule has 3 rings (SSSR count). The summed E-state index contributed by atoms with van der Waals surface area (Å²) in [7, 11) is 0. The summed E-state index contributed by atoms with van der Waals surface area (Å²) in [6.45, 7) is 7.44. The molecule has 170 valence electrons. The normalized spacial score (nSPS) is 13.5. The van der Waals surface area contributed by atoms with Gasteiger partial charge in [0, 0.05) is 49.5 Å². The molecule has 0 spiro atoms. The van der Waals surface area contributed by atoms with Gasteiger partial charge in [0.25, 0.3) is 5.91 Å². The minimum Gasteiger partial charge on any atom is -0.493 e. The summed E-state index contributed by atoms with van der Waals surface area (Å²) in [5.74, 6) is 0.586. The molecule has 9 heteroatoms. The molecule has 0 bridgehead atoms. The van der Waals surface area contributed by atoms with Gasteiger partial charge in [-0.05, 0) is 77.5 Å². The molecule has 7 nitrogen and oxygen atoms in total. The van der Waals surface area contributed by atoms with Crippen LogP contribution in [0.25, 0.3) is 0 Å². The zero-order chi connectivity index (χ0) is 23.1. The third-order valence-corrected chi connectivity index (χ3v) is 5.97. The van der Waals surface area contributed by atoms with E-state index in [1.54, 1.807) is 18.2 Å². The lowest BCUT2D eigenvalue weighted by atomic mass is 10.2. The van der Waals surface area contributed by atoms with Crippen LogP contribution < -0.4 is 20.3 Å². The number of rotatable bonds is 6. The standard InChI is InChI=1S/C23H27BrN4O3S/c1-3-21(29)28-13-11-27(12-14-28)18-8-6-17(7-9-18)25-23(32)26-22(30)16-5-10-20(31-4-2)19(24)15-16/h5-10,15H,3-4,11-14H2,1-2H3,(H2,25,26,30,32). The van der Waals surface area contributed by atoms with Crippen molar-refractivity contribution >= 4 is 56.4 Å². The third kappa shape index (κ3) is 6.20. The summed E-state index contributed by atoms with van der Waals surface area (Å²) in [6.07, 6.45) is 0.548. The Bertz CT molecular complexity index is 976. The lowest BCUT2D eigenvalue weighted by Crippen LogP contribution is -2.48. The Morgan fingerprint density at radius 3 is 2.34 bits per heavy atom. The lowest BCUT2D eigenvalue weighted by Gasteiger charge is -2.36. The zero-order valence-electron chi connectivity index (χ0n) is 18.2. The van der Waals surface area contributed by atoms with Gasteiger partial charge >= 0.3 is 0 Å². The van der Waals surface area contributed by atoms with E-state index in [0.29, 0.717) is 28.8 Å². The van der Waals surface area contributed by atoms with E-state index >= 15 is 0 Å². The molecular formula is C23H27BrN4O3S. The second-order valence-corrected chi connectivity index (χ2v) is 8.52. The second-order valence-electron chi connectivity index (χ2n) is 7.25. The van der Waals surface area contributed by atoms with Crippen molar-refractivity contribution < 1.29 is 14.3 Å². The Hall–Kier alpha value is -2.65. The van der Waals surface area contributed by atoms with Crippen LogP contribution in [0.2, 0.25) is 0 Å². The smallest absolute Gasteiger partial charge is 0.257 e. The van der Waals surface area contributed by atoms with Crippen molar-refractivity contribution in [1.82, 2.24) is 10.2 Å². The van der Waals surface area contributed by atoms with Crippen LogP contribution in [-0.2, 0) is 4.79 Å². The van der Waals surface area contributed by atoms with Gasteiger partial charge in [-0.2, -0.15) is 0 Å². The molecule has 2 N–H and O–H groups in total. The van der Waals surface area contributed by atoms with Crippen molar-refractivity contribution in [2.24, 2.45) is 0 Å². The zero-order valence-corrected chi connectivity index (χ0v) is 20.6. The summed E-state index contributed by atoms with van der Waals surface area (Å²) >= 11 is 8.71. The van der Waals surface area contributed by atoms with Gasteiger partial charge in [0.1, 0.15) is 5.75 Å². The van der Waals surface area contributed by atoms with Crippen LogP contribution >= 0.6 is 28.1 Å². The maximum atomic E-state index is 12.5. The van der Waals surface area contributed by atoms with Crippen LogP contribution in [0.4, 0.5) is 11.4 Å². The summed E-state index contributed by atoms with van der Waals surface area (Å²) in [5.41, 5.74) is 2.35. The van der Waals surface area contributed by atoms with E-state index in [2.05, 4.69) is 31.5 Å². The summed E-state index contributed by atoms with van der Waals surface area (Å²) in [6, 6.07) is 13.0. The number of amides is 2. The average Bonchev–Trinajstić information content (AvgIpc) is 2.80. The highest BCUT2D eigenvalue weighted by molar-refractivity contribution is 9.10. The summed E-state index contributed by atoms with van der Waals surface area (Å²) in [4.78, 5) is 28.5. The number of thiocarbonyl (C=S) groups is 1. The van der Waals surface area contributed by atoms with Crippen LogP contribution in [0, 0.1) is 0 Å². The molecule has 1 aliphatic rings. The molecular weight excluding hydrogens is 492 g/mol. The maximum absolute atomic E-state index is 12.5. The Balaban J connectivity index is 1.52. The number of piperazine rings is 1.